The Morgan fingerprint density at radius 1 is 1.00 bits per heavy atom. The molecule has 0 bridgehead atoms. The summed E-state index contributed by atoms with van der Waals surface area (Å²) in [6, 6.07) is 14.0. The van der Waals surface area contributed by atoms with Crippen LogP contribution in [0.1, 0.15) is 23.6 Å². The van der Waals surface area contributed by atoms with E-state index in [2.05, 4.69) is 0 Å². The van der Waals surface area contributed by atoms with Gasteiger partial charge in [-0.25, -0.2) is 12.7 Å². The van der Waals surface area contributed by atoms with Gasteiger partial charge in [0.25, 0.3) is 11.7 Å². The fourth-order valence-corrected chi connectivity index (χ4v) is 4.77. The van der Waals surface area contributed by atoms with Crippen molar-refractivity contribution in [3.63, 3.8) is 0 Å². The lowest BCUT2D eigenvalue weighted by Gasteiger charge is -2.26. The number of hydrogen-bond donors (Lipinski definition) is 1. The minimum absolute atomic E-state index is 0.0203. The van der Waals surface area contributed by atoms with Gasteiger partial charge in [0.15, 0.2) is 0 Å². The van der Waals surface area contributed by atoms with Crippen LogP contribution in [0.2, 0.25) is 0 Å². The zero-order valence-corrected chi connectivity index (χ0v) is 20.0. The molecule has 0 saturated carbocycles. The van der Waals surface area contributed by atoms with Gasteiger partial charge in [0.1, 0.15) is 5.76 Å². The Morgan fingerprint density at radius 2 is 1.67 bits per heavy atom. The van der Waals surface area contributed by atoms with E-state index in [9.17, 15) is 23.1 Å². The van der Waals surface area contributed by atoms with Crippen LogP contribution in [0.3, 0.4) is 0 Å². The molecule has 0 spiro atoms. The Balaban J connectivity index is 2.12. The Labute approximate surface area is 194 Å². The molecule has 0 aliphatic carbocycles. The number of hydrogen-bond acceptors (Lipinski definition) is 6. The van der Waals surface area contributed by atoms with Gasteiger partial charge in [0, 0.05) is 26.2 Å². The second kappa shape index (κ2) is 9.86. The van der Waals surface area contributed by atoms with Crippen molar-refractivity contribution in [2.75, 3.05) is 41.3 Å². The smallest absolute Gasteiger partial charge is 0.295 e. The molecule has 1 aliphatic heterocycles. The molecule has 9 heteroatoms. The number of rotatable bonds is 8. The monoisotopic (exact) mass is 471 g/mol. The molecule has 3 rings (SSSR count). The van der Waals surface area contributed by atoms with Crippen LogP contribution in [0.4, 0.5) is 0 Å². The summed E-state index contributed by atoms with van der Waals surface area (Å²) in [6.07, 6.45) is 0.653. The highest BCUT2D eigenvalue weighted by Gasteiger charge is 2.45. The number of benzene rings is 2. The van der Waals surface area contributed by atoms with E-state index in [1.165, 1.54) is 43.3 Å². The lowest BCUT2D eigenvalue weighted by Crippen LogP contribution is -2.32. The maximum Gasteiger partial charge on any atom is 0.295 e. The van der Waals surface area contributed by atoms with Crippen LogP contribution >= 0.6 is 0 Å². The highest BCUT2D eigenvalue weighted by Crippen LogP contribution is 2.39. The third-order valence-corrected chi connectivity index (χ3v) is 7.36. The number of aliphatic hydroxyl groups excluding tert-OH is 1. The van der Waals surface area contributed by atoms with Gasteiger partial charge >= 0.3 is 0 Å². The third-order valence-electron chi connectivity index (χ3n) is 5.55. The predicted octanol–water partition coefficient (Wildman–Crippen LogP) is 2.31. The van der Waals surface area contributed by atoms with Gasteiger partial charge in [-0.3, -0.25) is 9.59 Å². The molecule has 2 aromatic rings. The molecule has 1 atom stereocenters. The first-order valence-electron chi connectivity index (χ1n) is 10.6. The zero-order valence-electron chi connectivity index (χ0n) is 19.2. The number of carbonyl (C=O) groups is 2. The molecule has 1 amide bonds. The molecular weight excluding hydrogens is 442 g/mol. The first-order chi connectivity index (χ1) is 15.6. The summed E-state index contributed by atoms with van der Waals surface area (Å²) in [6.45, 7) is 1.07. The van der Waals surface area contributed by atoms with Crippen LogP contribution in [0.25, 0.3) is 5.76 Å². The third kappa shape index (κ3) is 5.00. The molecule has 2 aromatic carbocycles. The summed E-state index contributed by atoms with van der Waals surface area (Å²) < 4.78 is 26.2. The summed E-state index contributed by atoms with van der Waals surface area (Å²) in [4.78, 5) is 29.4. The SMILES string of the molecule is CN(C)CCCN1C(=O)C(=O)/C(=C(/O)c2cccc(S(=O)(=O)N(C)C)c2)C1c1ccccc1. The van der Waals surface area contributed by atoms with Crippen molar-refractivity contribution in [3.8, 4) is 0 Å². The first kappa shape index (κ1) is 24.6. The fraction of sp³-hybridized carbons (Fsp3) is 0.333. The predicted molar refractivity (Wildman–Crippen MR) is 126 cm³/mol. The molecule has 1 unspecified atom stereocenters. The van der Waals surface area contributed by atoms with Crippen molar-refractivity contribution < 1.29 is 23.1 Å². The average Bonchev–Trinajstić information content (AvgIpc) is 3.04. The van der Waals surface area contributed by atoms with Crippen LogP contribution in [0.15, 0.2) is 65.1 Å². The molecular formula is C24H29N3O5S. The van der Waals surface area contributed by atoms with Crippen LogP contribution in [0.5, 0.6) is 0 Å². The minimum atomic E-state index is -3.74. The largest absolute Gasteiger partial charge is 0.507 e. The Morgan fingerprint density at radius 3 is 2.27 bits per heavy atom. The molecule has 1 heterocycles. The number of likely N-dealkylation sites (tertiary alicyclic amines) is 1. The molecule has 1 fully saturated rings. The van der Waals surface area contributed by atoms with E-state index in [1.54, 1.807) is 24.3 Å². The Bertz CT molecular complexity index is 1170. The summed E-state index contributed by atoms with van der Waals surface area (Å²) in [5.74, 6) is -1.86. The van der Waals surface area contributed by atoms with Crippen molar-refractivity contribution >= 4 is 27.5 Å². The van der Waals surface area contributed by atoms with Gasteiger partial charge in [-0.1, -0.05) is 42.5 Å². The summed E-state index contributed by atoms with van der Waals surface area (Å²) in [7, 11) is 2.94. The highest BCUT2D eigenvalue weighted by molar-refractivity contribution is 7.89. The van der Waals surface area contributed by atoms with Crippen molar-refractivity contribution in [2.45, 2.75) is 17.4 Å². The number of nitrogens with zero attached hydrogens (tertiary/aromatic N) is 3. The van der Waals surface area contributed by atoms with E-state index in [0.717, 1.165) is 10.8 Å². The van der Waals surface area contributed by atoms with Crippen LogP contribution in [-0.2, 0) is 19.6 Å². The maximum atomic E-state index is 13.1. The fourth-order valence-electron chi connectivity index (χ4n) is 3.82. The van der Waals surface area contributed by atoms with Crippen molar-refractivity contribution in [1.82, 2.24) is 14.1 Å². The van der Waals surface area contributed by atoms with Crippen LogP contribution < -0.4 is 0 Å². The highest BCUT2D eigenvalue weighted by atomic mass is 32.2. The van der Waals surface area contributed by atoms with E-state index in [0.29, 0.717) is 18.5 Å². The second-order valence-corrected chi connectivity index (χ2v) is 10.5. The average molecular weight is 472 g/mol. The first-order valence-corrected chi connectivity index (χ1v) is 12.0. The van der Waals surface area contributed by atoms with E-state index in [1.807, 2.05) is 25.1 Å². The van der Waals surface area contributed by atoms with Crippen molar-refractivity contribution in [3.05, 3.63) is 71.3 Å². The molecule has 0 radical (unpaired) electrons. The quantitative estimate of drug-likeness (QED) is 0.360. The zero-order chi connectivity index (χ0) is 24.3. The molecule has 1 saturated heterocycles. The Hall–Kier alpha value is -3.01. The van der Waals surface area contributed by atoms with Gasteiger partial charge < -0.3 is 14.9 Å². The number of amides is 1. The van der Waals surface area contributed by atoms with E-state index < -0.39 is 33.5 Å². The van der Waals surface area contributed by atoms with E-state index in [-0.39, 0.29) is 16.0 Å². The molecule has 1 N–H and O–H groups in total. The number of sulfonamides is 1. The molecule has 1 aliphatic rings. The molecule has 8 nitrogen and oxygen atoms in total. The van der Waals surface area contributed by atoms with Crippen molar-refractivity contribution in [1.29, 1.82) is 0 Å². The van der Waals surface area contributed by atoms with Gasteiger partial charge in [-0.15, -0.1) is 0 Å². The normalized spacial score (nSPS) is 18.5. The summed E-state index contributed by atoms with van der Waals surface area (Å²) in [5.41, 5.74) is 0.806. The van der Waals surface area contributed by atoms with Gasteiger partial charge in [0.2, 0.25) is 10.0 Å². The minimum Gasteiger partial charge on any atom is -0.507 e. The molecule has 33 heavy (non-hydrogen) atoms. The topological polar surface area (TPSA) is 98.2 Å². The Kier molecular flexibility index (Phi) is 7.36. The second-order valence-electron chi connectivity index (χ2n) is 8.38. The van der Waals surface area contributed by atoms with Gasteiger partial charge in [0.05, 0.1) is 16.5 Å². The van der Waals surface area contributed by atoms with E-state index >= 15 is 0 Å². The van der Waals surface area contributed by atoms with Gasteiger partial charge in [-0.05, 0) is 44.8 Å². The summed E-state index contributed by atoms with van der Waals surface area (Å²) in [5, 5.41) is 11.2. The molecule has 176 valence electrons. The van der Waals surface area contributed by atoms with E-state index in [4.69, 9.17) is 0 Å². The number of Topliss-reactive ketones (excluding diaryl/α,β-unsaturated/α-hetero) is 1. The van der Waals surface area contributed by atoms with Crippen molar-refractivity contribution in [2.24, 2.45) is 0 Å². The lowest BCUT2D eigenvalue weighted by molar-refractivity contribution is -0.139. The number of ketones is 1. The number of aliphatic hydroxyl groups is 1. The lowest BCUT2D eigenvalue weighted by atomic mass is 9.95. The van der Waals surface area contributed by atoms with Crippen LogP contribution in [0, 0.1) is 0 Å². The standard InChI is InChI=1S/C24H29N3O5S/c1-25(2)14-9-15-27-21(17-10-6-5-7-11-17)20(23(29)24(27)30)22(28)18-12-8-13-19(16-18)33(31,32)26(3)4/h5-8,10-13,16,21,28H,9,14-15H2,1-4H3/b22-20+. The van der Waals surface area contributed by atoms with Gasteiger partial charge in [-0.2, -0.15) is 0 Å². The molecule has 0 aromatic heterocycles. The van der Waals surface area contributed by atoms with Crippen LogP contribution in [-0.4, -0.2) is 80.6 Å². The maximum absolute atomic E-state index is 13.1. The number of carbonyl (C=O) groups excluding carboxylic acids is 2. The summed E-state index contributed by atoms with van der Waals surface area (Å²) >= 11 is 0.